The Morgan fingerprint density at radius 1 is 1.28 bits per heavy atom. The summed E-state index contributed by atoms with van der Waals surface area (Å²) in [5.41, 5.74) is 3.02. The zero-order valence-electron chi connectivity index (χ0n) is 13.8. The number of carbonyl (C=O) groups excluding carboxylic acids is 2. The average molecular weight is 333 g/mol. The number of hydrogen-bond acceptors (Lipinski definition) is 5. The van der Waals surface area contributed by atoms with Gasteiger partial charge in [0.25, 0.3) is 0 Å². The number of hydrogen-bond donors (Lipinski definition) is 0. The summed E-state index contributed by atoms with van der Waals surface area (Å²) in [5.74, 6) is -0.310. The van der Waals surface area contributed by atoms with Crippen molar-refractivity contribution in [2.24, 2.45) is 0 Å². The summed E-state index contributed by atoms with van der Waals surface area (Å²) in [5, 5.41) is 13.3. The Labute approximate surface area is 144 Å². The van der Waals surface area contributed by atoms with Crippen molar-refractivity contribution in [3.63, 3.8) is 0 Å². The van der Waals surface area contributed by atoms with E-state index in [4.69, 9.17) is 5.26 Å². The minimum atomic E-state index is -0.210. The maximum Gasteiger partial charge on any atom is 0.224 e. The van der Waals surface area contributed by atoms with Crippen LogP contribution in [0.2, 0.25) is 0 Å². The fourth-order valence-corrected chi connectivity index (χ4v) is 2.63. The highest BCUT2D eigenvalue weighted by Crippen LogP contribution is 2.25. The molecule has 0 aliphatic carbocycles. The lowest BCUT2D eigenvalue weighted by molar-refractivity contribution is -0.120. The monoisotopic (exact) mass is 333 g/mol. The van der Waals surface area contributed by atoms with E-state index in [9.17, 15) is 9.59 Å². The number of ketones is 1. The molecule has 3 aromatic rings. The first-order chi connectivity index (χ1) is 12.0. The van der Waals surface area contributed by atoms with Crippen LogP contribution in [0.1, 0.15) is 19.4 Å². The third-order valence-corrected chi connectivity index (χ3v) is 3.74. The second-order valence-corrected chi connectivity index (χ2v) is 5.59. The van der Waals surface area contributed by atoms with Gasteiger partial charge < -0.3 is 4.90 Å². The summed E-state index contributed by atoms with van der Waals surface area (Å²) < 4.78 is 1.58. The van der Waals surface area contributed by atoms with E-state index in [1.807, 2.05) is 18.2 Å². The smallest absolute Gasteiger partial charge is 0.224 e. The standard InChI is InChI=1S/C18H15N5O2/c1-12(24)11-22(13(2)25)16-5-3-4-14(8-16)17-6-7-20-18-15(9-19)10-21-23(17)18/h3-8,10H,11H2,1-2H3. The van der Waals surface area contributed by atoms with Gasteiger partial charge >= 0.3 is 0 Å². The number of rotatable bonds is 4. The Hall–Kier alpha value is -3.53. The maximum atomic E-state index is 11.9. The number of nitriles is 1. The average Bonchev–Trinajstić information content (AvgIpc) is 3.02. The molecule has 7 nitrogen and oxygen atoms in total. The molecule has 0 saturated carbocycles. The van der Waals surface area contributed by atoms with E-state index in [0.717, 1.165) is 11.3 Å². The number of anilines is 1. The molecule has 124 valence electrons. The van der Waals surface area contributed by atoms with Gasteiger partial charge in [-0.1, -0.05) is 12.1 Å². The summed E-state index contributed by atoms with van der Waals surface area (Å²) in [7, 11) is 0. The van der Waals surface area contributed by atoms with E-state index in [2.05, 4.69) is 16.2 Å². The third-order valence-electron chi connectivity index (χ3n) is 3.74. The van der Waals surface area contributed by atoms with Gasteiger partial charge in [0.05, 0.1) is 18.4 Å². The van der Waals surface area contributed by atoms with Crippen molar-refractivity contribution in [3.8, 4) is 17.3 Å². The number of carbonyl (C=O) groups is 2. The van der Waals surface area contributed by atoms with E-state index in [0.29, 0.717) is 16.9 Å². The molecular formula is C18H15N5O2. The number of amides is 1. The number of fused-ring (bicyclic) bond motifs is 1. The Morgan fingerprint density at radius 2 is 2.08 bits per heavy atom. The minimum absolute atomic E-state index is 0.0187. The molecule has 2 aromatic heterocycles. The van der Waals surface area contributed by atoms with E-state index in [1.165, 1.54) is 24.9 Å². The van der Waals surface area contributed by atoms with Crippen molar-refractivity contribution in [3.05, 3.63) is 48.3 Å². The van der Waals surface area contributed by atoms with Crippen molar-refractivity contribution < 1.29 is 9.59 Å². The topological polar surface area (TPSA) is 91.4 Å². The van der Waals surface area contributed by atoms with Gasteiger partial charge in [-0.25, -0.2) is 9.50 Å². The number of Topliss-reactive ketones (excluding diaryl/α,β-unsaturated/α-hetero) is 1. The molecule has 7 heteroatoms. The summed E-state index contributed by atoms with van der Waals surface area (Å²) in [6, 6.07) is 11.1. The van der Waals surface area contributed by atoms with Crippen LogP contribution in [0.4, 0.5) is 5.69 Å². The molecule has 0 unspecified atom stereocenters. The van der Waals surface area contributed by atoms with Gasteiger partial charge in [0.15, 0.2) is 5.65 Å². The van der Waals surface area contributed by atoms with Gasteiger partial charge in [-0.3, -0.25) is 9.59 Å². The first-order valence-corrected chi connectivity index (χ1v) is 7.62. The molecule has 0 radical (unpaired) electrons. The fourth-order valence-electron chi connectivity index (χ4n) is 2.63. The van der Waals surface area contributed by atoms with Crippen LogP contribution in [0, 0.1) is 11.3 Å². The van der Waals surface area contributed by atoms with Crippen molar-refractivity contribution >= 4 is 23.0 Å². The van der Waals surface area contributed by atoms with E-state index >= 15 is 0 Å². The number of nitrogens with zero attached hydrogens (tertiary/aromatic N) is 5. The quantitative estimate of drug-likeness (QED) is 0.730. The predicted octanol–water partition coefficient (Wildman–Crippen LogP) is 2.21. The van der Waals surface area contributed by atoms with Gasteiger partial charge in [0, 0.05) is 24.4 Å². The van der Waals surface area contributed by atoms with Crippen molar-refractivity contribution in [2.75, 3.05) is 11.4 Å². The lowest BCUT2D eigenvalue weighted by Gasteiger charge is -2.20. The second-order valence-electron chi connectivity index (χ2n) is 5.59. The van der Waals surface area contributed by atoms with Gasteiger partial charge in [-0.05, 0) is 25.1 Å². The molecule has 0 aliphatic heterocycles. The lowest BCUT2D eigenvalue weighted by atomic mass is 10.1. The summed E-state index contributed by atoms with van der Waals surface area (Å²) in [6.45, 7) is 2.89. The second kappa shape index (κ2) is 6.53. The highest BCUT2D eigenvalue weighted by atomic mass is 16.2. The molecule has 0 spiro atoms. The molecule has 2 heterocycles. The molecule has 0 saturated heterocycles. The Balaban J connectivity index is 2.11. The van der Waals surface area contributed by atoms with Crippen LogP contribution in [-0.2, 0) is 9.59 Å². The molecular weight excluding hydrogens is 318 g/mol. The van der Waals surface area contributed by atoms with Crippen molar-refractivity contribution in [2.45, 2.75) is 13.8 Å². The van der Waals surface area contributed by atoms with Gasteiger partial charge in [0.1, 0.15) is 17.4 Å². The maximum absolute atomic E-state index is 11.9. The van der Waals surface area contributed by atoms with Crippen LogP contribution < -0.4 is 4.90 Å². The summed E-state index contributed by atoms with van der Waals surface area (Å²) in [6.07, 6.45) is 3.07. The Morgan fingerprint density at radius 3 is 2.76 bits per heavy atom. The number of aromatic nitrogens is 3. The van der Waals surface area contributed by atoms with Crippen LogP contribution >= 0.6 is 0 Å². The number of benzene rings is 1. The largest absolute Gasteiger partial charge is 0.305 e. The SMILES string of the molecule is CC(=O)CN(C(C)=O)c1cccc(-c2ccnc3c(C#N)cnn23)c1. The first kappa shape index (κ1) is 16.3. The van der Waals surface area contributed by atoms with Crippen LogP contribution in [0.15, 0.2) is 42.7 Å². The highest BCUT2D eigenvalue weighted by Gasteiger charge is 2.15. The molecule has 0 aliphatic rings. The normalized spacial score (nSPS) is 10.4. The van der Waals surface area contributed by atoms with Crippen molar-refractivity contribution in [1.82, 2.24) is 14.6 Å². The Bertz CT molecular complexity index is 1020. The van der Waals surface area contributed by atoms with Gasteiger partial charge in [-0.2, -0.15) is 10.4 Å². The molecule has 0 fully saturated rings. The van der Waals surface area contributed by atoms with E-state index in [1.54, 1.807) is 22.8 Å². The zero-order chi connectivity index (χ0) is 18.0. The van der Waals surface area contributed by atoms with Gasteiger partial charge in [0.2, 0.25) is 5.91 Å². The van der Waals surface area contributed by atoms with Crippen LogP contribution in [0.5, 0.6) is 0 Å². The van der Waals surface area contributed by atoms with Crippen LogP contribution in [0.25, 0.3) is 16.9 Å². The zero-order valence-corrected chi connectivity index (χ0v) is 13.8. The van der Waals surface area contributed by atoms with Gasteiger partial charge in [-0.15, -0.1) is 0 Å². The molecule has 0 atom stereocenters. The molecule has 0 bridgehead atoms. The van der Waals surface area contributed by atoms with E-state index in [-0.39, 0.29) is 18.2 Å². The Kier molecular flexibility index (Phi) is 4.27. The lowest BCUT2D eigenvalue weighted by Crippen LogP contribution is -2.32. The van der Waals surface area contributed by atoms with E-state index < -0.39 is 0 Å². The summed E-state index contributed by atoms with van der Waals surface area (Å²) in [4.78, 5) is 29.0. The first-order valence-electron chi connectivity index (χ1n) is 7.62. The van der Waals surface area contributed by atoms with Crippen molar-refractivity contribution in [1.29, 1.82) is 5.26 Å². The highest BCUT2D eigenvalue weighted by molar-refractivity contribution is 5.97. The van der Waals surface area contributed by atoms with Crippen LogP contribution in [0.3, 0.4) is 0 Å². The summed E-state index contributed by atoms with van der Waals surface area (Å²) >= 11 is 0. The molecule has 25 heavy (non-hydrogen) atoms. The fraction of sp³-hybridized carbons (Fsp3) is 0.167. The molecule has 0 N–H and O–H groups in total. The third kappa shape index (κ3) is 3.10. The molecule has 1 amide bonds. The van der Waals surface area contributed by atoms with Crippen LogP contribution in [-0.4, -0.2) is 32.8 Å². The minimum Gasteiger partial charge on any atom is -0.305 e. The molecule has 3 rings (SSSR count). The molecule has 1 aromatic carbocycles. The predicted molar refractivity (Wildman–Crippen MR) is 91.8 cm³/mol.